The first-order chi connectivity index (χ1) is 8.93. The fourth-order valence-corrected chi connectivity index (χ4v) is 2.01. The Hall–Kier alpha value is -1.31. The standard InChI is InChI=1S/C11H12BrClN2O4/c12-6-1-2-8(7(13)5-6)14-11(19)15-9(3-4-16)10(17)18/h1-2,5,9,16H,3-4H2,(H,17,18)(H2,14,15,19)/t9-/m0/s1. The summed E-state index contributed by atoms with van der Waals surface area (Å²) in [7, 11) is 0. The van der Waals surface area contributed by atoms with E-state index < -0.39 is 18.0 Å². The van der Waals surface area contributed by atoms with Crippen LogP contribution in [0.2, 0.25) is 5.02 Å². The molecule has 0 aromatic heterocycles. The van der Waals surface area contributed by atoms with Gasteiger partial charge < -0.3 is 20.8 Å². The topological polar surface area (TPSA) is 98.7 Å². The summed E-state index contributed by atoms with van der Waals surface area (Å²) in [6, 6.07) is 3.00. The number of amides is 2. The van der Waals surface area contributed by atoms with Gasteiger partial charge in [-0.3, -0.25) is 0 Å². The number of rotatable bonds is 5. The van der Waals surface area contributed by atoms with Gasteiger partial charge in [0.05, 0.1) is 10.7 Å². The molecule has 4 N–H and O–H groups in total. The van der Waals surface area contributed by atoms with Gasteiger partial charge in [0.15, 0.2) is 0 Å². The normalized spacial score (nSPS) is 11.7. The van der Waals surface area contributed by atoms with Gasteiger partial charge in [0.25, 0.3) is 0 Å². The molecular formula is C11H12BrClN2O4. The Morgan fingerprint density at radius 1 is 1.42 bits per heavy atom. The molecule has 0 heterocycles. The quantitative estimate of drug-likeness (QED) is 0.652. The number of carbonyl (C=O) groups is 2. The van der Waals surface area contributed by atoms with Gasteiger partial charge >= 0.3 is 12.0 Å². The summed E-state index contributed by atoms with van der Waals surface area (Å²) in [5.74, 6) is -1.22. The number of hydrogen-bond acceptors (Lipinski definition) is 3. The molecule has 104 valence electrons. The summed E-state index contributed by atoms with van der Waals surface area (Å²) < 4.78 is 0.757. The number of carboxylic acid groups (broad SMARTS) is 1. The van der Waals surface area contributed by atoms with Crippen LogP contribution < -0.4 is 10.6 Å². The molecule has 19 heavy (non-hydrogen) atoms. The van der Waals surface area contributed by atoms with Crippen LogP contribution in [0, 0.1) is 0 Å². The Morgan fingerprint density at radius 2 is 2.11 bits per heavy atom. The van der Waals surface area contributed by atoms with Gasteiger partial charge in [-0.1, -0.05) is 27.5 Å². The van der Waals surface area contributed by atoms with E-state index in [1.54, 1.807) is 18.2 Å². The highest BCUT2D eigenvalue weighted by atomic mass is 79.9. The summed E-state index contributed by atoms with van der Waals surface area (Å²) >= 11 is 9.13. The Kier molecular flexibility index (Phi) is 6.07. The SMILES string of the molecule is O=C(Nc1ccc(Br)cc1Cl)N[C@@H](CCO)C(=O)O. The molecule has 8 heteroatoms. The lowest BCUT2D eigenvalue weighted by atomic mass is 10.2. The third-order valence-electron chi connectivity index (χ3n) is 2.20. The van der Waals surface area contributed by atoms with E-state index in [1.165, 1.54) is 0 Å². The van der Waals surface area contributed by atoms with E-state index in [-0.39, 0.29) is 13.0 Å². The van der Waals surface area contributed by atoms with E-state index in [2.05, 4.69) is 26.6 Å². The number of carbonyl (C=O) groups excluding carboxylic acids is 1. The van der Waals surface area contributed by atoms with Crippen LogP contribution in [0.4, 0.5) is 10.5 Å². The number of halogens is 2. The van der Waals surface area contributed by atoms with Crippen LogP contribution in [0.25, 0.3) is 0 Å². The van der Waals surface area contributed by atoms with Crippen molar-refractivity contribution in [2.24, 2.45) is 0 Å². The number of benzene rings is 1. The number of hydrogen-bond donors (Lipinski definition) is 4. The zero-order chi connectivity index (χ0) is 14.4. The molecule has 1 aromatic rings. The van der Waals surface area contributed by atoms with E-state index in [9.17, 15) is 9.59 Å². The molecule has 0 saturated carbocycles. The maximum atomic E-state index is 11.6. The van der Waals surface area contributed by atoms with E-state index >= 15 is 0 Å². The van der Waals surface area contributed by atoms with Gasteiger partial charge in [-0.05, 0) is 18.2 Å². The zero-order valence-electron chi connectivity index (χ0n) is 9.69. The van der Waals surface area contributed by atoms with E-state index in [0.717, 1.165) is 4.47 Å². The van der Waals surface area contributed by atoms with Crippen molar-refractivity contribution in [1.29, 1.82) is 0 Å². The zero-order valence-corrected chi connectivity index (χ0v) is 12.0. The van der Waals surface area contributed by atoms with Crippen molar-refractivity contribution in [3.8, 4) is 0 Å². The van der Waals surface area contributed by atoms with Crippen LogP contribution in [-0.4, -0.2) is 34.9 Å². The maximum Gasteiger partial charge on any atom is 0.326 e. The number of aliphatic hydroxyl groups excluding tert-OH is 1. The third-order valence-corrected chi connectivity index (χ3v) is 3.01. The fraction of sp³-hybridized carbons (Fsp3) is 0.273. The van der Waals surface area contributed by atoms with E-state index in [4.69, 9.17) is 21.8 Å². The molecule has 0 aliphatic heterocycles. The second-order valence-electron chi connectivity index (χ2n) is 3.63. The minimum absolute atomic E-state index is 0.0726. The Bertz CT molecular complexity index is 484. The van der Waals surface area contributed by atoms with Crippen molar-refractivity contribution in [3.05, 3.63) is 27.7 Å². The van der Waals surface area contributed by atoms with Gasteiger partial charge in [0.1, 0.15) is 6.04 Å². The van der Waals surface area contributed by atoms with Gasteiger partial charge in [-0.2, -0.15) is 0 Å². The number of carboxylic acids is 1. The molecule has 1 rings (SSSR count). The summed E-state index contributed by atoms with van der Waals surface area (Å²) in [4.78, 5) is 22.4. The van der Waals surface area contributed by atoms with Crippen LogP contribution in [0.3, 0.4) is 0 Å². The molecule has 1 aromatic carbocycles. The van der Waals surface area contributed by atoms with Crippen molar-refractivity contribution in [1.82, 2.24) is 5.32 Å². The van der Waals surface area contributed by atoms with Crippen molar-refractivity contribution in [3.63, 3.8) is 0 Å². The minimum Gasteiger partial charge on any atom is -0.480 e. The molecular weight excluding hydrogens is 339 g/mol. The number of aliphatic hydroxyl groups is 1. The molecule has 0 bridgehead atoms. The average molecular weight is 352 g/mol. The number of urea groups is 1. The molecule has 0 saturated heterocycles. The first-order valence-corrected chi connectivity index (χ1v) is 6.47. The molecule has 2 amide bonds. The van der Waals surface area contributed by atoms with E-state index in [1.807, 2.05) is 0 Å². The van der Waals surface area contributed by atoms with Crippen LogP contribution in [0.1, 0.15) is 6.42 Å². The van der Waals surface area contributed by atoms with Crippen molar-refractivity contribution in [2.75, 3.05) is 11.9 Å². The Morgan fingerprint density at radius 3 is 2.63 bits per heavy atom. The summed E-state index contributed by atoms with van der Waals surface area (Å²) in [5, 5.41) is 22.5. The molecule has 0 radical (unpaired) electrons. The predicted octanol–water partition coefficient (Wildman–Crippen LogP) is 2.06. The molecule has 0 fully saturated rings. The van der Waals surface area contributed by atoms with Gasteiger partial charge in [0.2, 0.25) is 0 Å². The largest absolute Gasteiger partial charge is 0.480 e. The minimum atomic E-state index is -1.22. The second kappa shape index (κ2) is 7.32. The smallest absolute Gasteiger partial charge is 0.326 e. The first kappa shape index (κ1) is 15.7. The first-order valence-electron chi connectivity index (χ1n) is 5.30. The summed E-state index contributed by atoms with van der Waals surface area (Å²) in [6.07, 6.45) is -0.0726. The van der Waals surface area contributed by atoms with Crippen LogP contribution in [-0.2, 0) is 4.79 Å². The van der Waals surface area contributed by atoms with Crippen molar-refractivity contribution in [2.45, 2.75) is 12.5 Å². The molecule has 0 unspecified atom stereocenters. The average Bonchev–Trinajstić information content (AvgIpc) is 2.32. The predicted molar refractivity (Wildman–Crippen MR) is 74.4 cm³/mol. The van der Waals surface area contributed by atoms with E-state index in [0.29, 0.717) is 10.7 Å². The third kappa shape index (κ3) is 5.06. The monoisotopic (exact) mass is 350 g/mol. The highest BCUT2D eigenvalue weighted by Crippen LogP contribution is 2.25. The molecule has 0 spiro atoms. The molecule has 0 aliphatic carbocycles. The highest BCUT2D eigenvalue weighted by Gasteiger charge is 2.19. The molecule has 1 atom stereocenters. The fourth-order valence-electron chi connectivity index (χ4n) is 1.29. The Labute approximate surface area is 122 Å². The van der Waals surface area contributed by atoms with Crippen LogP contribution >= 0.6 is 27.5 Å². The van der Waals surface area contributed by atoms with Gasteiger partial charge in [-0.25, -0.2) is 9.59 Å². The summed E-state index contributed by atoms with van der Waals surface area (Å²) in [5.41, 5.74) is 0.357. The lowest BCUT2D eigenvalue weighted by molar-refractivity contribution is -0.139. The molecule has 6 nitrogen and oxygen atoms in total. The number of nitrogens with one attached hydrogen (secondary N) is 2. The van der Waals surface area contributed by atoms with Gasteiger partial charge in [-0.15, -0.1) is 0 Å². The molecule has 0 aliphatic rings. The van der Waals surface area contributed by atoms with Gasteiger partial charge in [0, 0.05) is 17.5 Å². The lowest BCUT2D eigenvalue weighted by Crippen LogP contribution is -2.43. The number of aliphatic carboxylic acids is 1. The number of anilines is 1. The highest BCUT2D eigenvalue weighted by molar-refractivity contribution is 9.10. The van der Waals surface area contributed by atoms with Crippen molar-refractivity contribution < 1.29 is 19.8 Å². The Balaban J connectivity index is 2.66. The van der Waals surface area contributed by atoms with Crippen LogP contribution in [0.5, 0.6) is 0 Å². The van der Waals surface area contributed by atoms with Crippen molar-refractivity contribution >= 4 is 45.2 Å². The lowest BCUT2D eigenvalue weighted by Gasteiger charge is -2.14. The summed E-state index contributed by atoms with van der Waals surface area (Å²) in [6.45, 7) is -0.337. The second-order valence-corrected chi connectivity index (χ2v) is 4.95. The maximum absolute atomic E-state index is 11.6. The van der Waals surface area contributed by atoms with Crippen LogP contribution in [0.15, 0.2) is 22.7 Å².